The third-order valence-electron chi connectivity index (χ3n) is 5.79. The van der Waals surface area contributed by atoms with Crippen LogP contribution >= 0.6 is 22.6 Å². The van der Waals surface area contributed by atoms with E-state index in [1.807, 2.05) is 12.1 Å². The van der Waals surface area contributed by atoms with Gasteiger partial charge in [-0.15, -0.1) is 0 Å². The first-order valence-corrected chi connectivity index (χ1v) is 9.19. The molecule has 2 saturated carbocycles. The first-order chi connectivity index (χ1) is 10.4. The number of hydrogen-bond acceptors (Lipinski definition) is 2. The number of benzene rings is 1. The molecule has 2 aliphatic carbocycles. The van der Waals surface area contributed by atoms with Crippen LogP contribution in [-0.4, -0.2) is 17.0 Å². The largest absolute Gasteiger partial charge is 0.393 e. The average molecular weight is 410 g/mol. The zero-order valence-corrected chi connectivity index (χ0v) is 15.3. The maximum atomic E-state index is 13.1. The Hall–Kier alpha value is -0.680. The number of halogens is 1. The summed E-state index contributed by atoms with van der Waals surface area (Å²) in [5.74, 6) is 0.846. The van der Waals surface area contributed by atoms with Gasteiger partial charge in [-0.05, 0) is 83.4 Å². The molecule has 1 aromatic carbocycles. The van der Waals surface area contributed by atoms with E-state index in [0.717, 1.165) is 36.8 Å². The van der Waals surface area contributed by atoms with Gasteiger partial charge in [-0.25, -0.2) is 0 Å². The predicted octanol–water partition coefficient (Wildman–Crippen LogP) is 4.45. The fraction of sp³-hybridized carbons (Fsp3) is 0.526. The van der Waals surface area contributed by atoms with Crippen LogP contribution in [0.3, 0.4) is 0 Å². The van der Waals surface area contributed by atoms with Crippen LogP contribution in [0.25, 0.3) is 6.08 Å². The number of aliphatic hydroxyl groups excluding tert-OH is 1. The second-order valence-electron chi connectivity index (χ2n) is 7.05. The molecule has 2 fully saturated rings. The molecule has 0 heterocycles. The van der Waals surface area contributed by atoms with Gasteiger partial charge in [0.2, 0.25) is 0 Å². The highest BCUT2D eigenvalue weighted by Crippen LogP contribution is 2.52. The minimum atomic E-state index is -0.289. The molecule has 1 N–H and O–H groups in total. The second kappa shape index (κ2) is 6.08. The van der Waals surface area contributed by atoms with Crippen LogP contribution < -0.4 is 0 Å². The molecule has 0 radical (unpaired) electrons. The Morgan fingerprint density at radius 1 is 1.32 bits per heavy atom. The lowest BCUT2D eigenvalue weighted by Gasteiger charge is -2.49. The third kappa shape index (κ3) is 2.67. The zero-order valence-electron chi connectivity index (χ0n) is 13.2. The molecule has 2 nitrogen and oxygen atoms in total. The van der Waals surface area contributed by atoms with Crippen molar-refractivity contribution in [3.05, 3.63) is 39.0 Å². The summed E-state index contributed by atoms with van der Waals surface area (Å²) in [5.41, 5.74) is 1.81. The number of carbonyl (C=O) groups is 1. The molecule has 22 heavy (non-hydrogen) atoms. The van der Waals surface area contributed by atoms with Gasteiger partial charge in [0.1, 0.15) is 0 Å². The fourth-order valence-electron chi connectivity index (χ4n) is 4.32. The van der Waals surface area contributed by atoms with Crippen LogP contribution in [0.2, 0.25) is 0 Å². The molecule has 4 atom stereocenters. The smallest absolute Gasteiger partial charge is 0.165 e. The van der Waals surface area contributed by atoms with Gasteiger partial charge in [0.15, 0.2) is 5.78 Å². The van der Waals surface area contributed by atoms with Crippen molar-refractivity contribution in [3.63, 3.8) is 0 Å². The fourth-order valence-corrected chi connectivity index (χ4v) is 4.86. The van der Waals surface area contributed by atoms with E-state index in [2.05, 4.69) is 54.6 Å². The maximum Gasteiger partial charge on any atom is 0.165 e. The zero-order chi connectivity index (χ0) is 15.9. The topological polar surface area (TPSA) is 37.3 Å². The van der Waals surface area contributed by atoms with Crippen molar-refractivity contribution >= 4 is 34.5 Å². The second-order valence-corrected chi connectivity index (χ2v) is 8.21. The Morgan fingerprint density at radius 3 is 2.77 bits per heavy atom. The van der Waals surface area contributed by atoms with E-state index in [4.69, 9.17) is 0 Å². The molecule has 1 aromatic rings. The molecule has 2 unspecified atom stereocenters. The molecule has 0 spiro atoms. The molecule has 0 aromatic heterocycles. The number of rotatable bonds is 1. The van der Waals surface area contributed by atoms with Crippen LogP contribution in [0, 0.1) is 20.8 Å². The highest BCUT2D eigenvalue weighted by Gasteiger charge is 2.51. The summed E-state index contributed by atoms with van der Waals surface area (Å²) in [6.07, 6.45) is 5.24. The van der Waals surface area contributed by atoms with Gasteiger partial charge in [0.05, 0.1) is 6.10 Å². The molecule has 0 aliphatic heterocycles. The van der Waals surface area contributed by atoms with Gasteiger partial charge in [0, 0.05) is 8.99 Å². The van der Waals surface area contributed by atoms with Gasteiger partial charge >= 0.3 is 0 Å². The van der Waals surface area contributed by atoms with Crippen LogP contribution in [-0.2, 0) is 4.79 Å². The molecule has 0 amide bonds. The SMILES string of the molecule is C[C@@H]1C(O)CC[C@]2(C)C(=O)C(=Cc3ccccc3I)CCC12. The number of fused-ring (bicyclic) bond motifs is 1. The molecular formula is C19H23IO2. The van der Waals surface area contributed by atoms with Gasteiger partial charge in [-0.1, -0.05) is 32.0 Å². The van der Waals surface area contributed by atoms with Crippen molar-refractivity contribution in [3.8, 4) is 0 Å². The average Bonchev–Trinajstić information content (AvgIpc) is 2.50. The summed E-state index contributed by atoms with van der Waals surface area (Å²) in [6.45, 7) is 4.22. The summed E-state index contributed by atoms with van der Waals surface area (Å²) in [7, 11) is 0. The van der Waals surface area contributed by atoms with Crippen molar-refractivity contribution in [2.75, 3.05) is 0 Å². The van der Waals surface area contributed by atoms with Crippen LogP contribution in [0.1, 0.15) is 45.1 Å². The van der Waals surface area contributed by atoms with Crippen molar-refractivity contribution in [2.24, 2.45) is 17.3 Å². The molecule has 118 valence electrons. The maximum absolute atomic E-state index is 13.1. The monoisotopic (exact) mass is 410 g/mol. The summed E-state index contributed by atoms with van der Waals surface area (Å²) in [5, 5.41) is 10.1. The highest BCUT2D eigenvalue weighted by atomic mass is 127. The summed E-state index contributed by atoms with van der Waals surface area (Å²) in [4.78, 5) is 13.1. The Bertz CT molecular complexity index is 622. The van der Waals surface area contributed by atoms with Crippen molar-refractivity contribution < 1.29 is 9.90 Å². The minimum Gasteiger partial charge on any atom is -0.393 e. The standard InChI is InChI=1S/C19H23IO2/c1-12-15-8-7-14(11-13-5-3-4-6-16(13)20)18(22)19(15,2)10-9-17(12)21/h3-6,11-12,15,17,21H,7-10H2,1-2H3/t12-,15?,17?,19-/m0/s1. The lowest BCUT2D eigenvalue weighted by atomic mass is 9.55. The van der Waals surface area contributed by atoms with E-state index in [1.165, 1.54) is 3.57 Å². The van der Waals surface area contributed by atoms with Crippen molar-refractivity contribution in [2.45, 2.75) is 45.6 Å². The van der Waals surface area contributed by atoms with E-state index in [0.29, 0.717) is 11.7 Å². The lowest BCUT2D eigenvalue weighted by molar-refractivity contribution is -0.137. The van der Waals surface area contributed by atoms with E-state index < -0.39 is 0 Å². The quantitative estimate of drug-likeness (QED) is 0.549. The van der Waals surface area contributed by atoms with Crippen LogP contribution in [0.15, 0.2) is 29.8 Å². The number of carbonyl (C=O) groups excluding carboxylic acids is 1. The summed E-state index contributed by atoms with van der Waals surface area (Å²) >= 11 is 2.32. The van der Waals surface area contributed by atoms with E-state index in [9.17, 15) is 9.90 Å². The Kier molecular flexibility index (Phi) is 4.47. The Labute approximate surface area is 146 Å². The first-order valence-electron chi connectivity index (χ1n) is 8.11. The molecular weight excluding hydrogens is 387 g/mol. The summed E-state index contributed by atoms with van der Waals surface area (Å²) < 4.78 is 1.18. The van der Waals surface area contributed by atoms with Crippen LogP contribution in [0.5, 0.6) is 0 Å². The summed E-state index contributed by atoms with van der Waals surface area (Å²) in [6, 6.07) is 8.19. The highest BCUT2D eigenvalue weighted by molar-refractivity contribution is 14.1. The number of ketones is 1. The molecule has 3 rings (SSSR count). The van der Waals surface area contributed by atoms with E-state index in [-0.39, 0.29) is 17.4 Å². The van der Waals surface area contributed by atoms with E-state index >= 15 is 0 Å². The first kappa shape index (κ1) is 16.2. The van der Waals surface area contributed by atoms with Crippen molar-refractivity contribution in [1.29, 1.82) is 0 Å². The Morgan fingerprint density at radius 2 is 2.05 bits per heavy atom. The molecule has 0 bridgehead atoms. The van der Waals surface area contributed by atoms with Gasteiger partial charge in [-0.2, -0.15) is 0 Å². The molecule has 2 aliphatic rings. The van der Waals surface area contributed by atoms with Gasteiger partial charge in [0.25, 0.3) is 0 Å². The minimum absolute atomic E-state index is 0.223. The Balaban J connectivity index is 1.93. The molecule has 0 saturated heterocycles. The third-order valence-corrected chi connectivity index (χ3v) is 6.77. The normalized spacial score (nSPS) is 37.2. The van der Waals surface area contributed by atoms with E-state index in [1.54, 1.807) is 0 Å². The number of allylic oxidation sites excluding steroid dienone is 1. The number of hydrogen-bond donors (Lipinski definition) is 1. The van der Waals surface area contributed by atoms with Gasteiger partial charge in [-0.3, -0.25) is 4.79 Å². The molecule has 3 heteroatoms. The van der Waals surface area contributed by atoms with Crippen molar-refractivity contribution in [1.82, 2.24) is 0 Å². The predicted molar refractivity (Wildman–Crippen MR) is 97.4 cm³/mol. The van der Waals surface area contributed by atoms with Gasteiger partial charge < -0.3 is 5.11 Å². The number of Topliss-reactive ketones (excluding diaryl/α,β-unsaturated/α-hetero) is 1. The van der Waals surface area contributed by atoms with Crippen LogP contribution in [0.4, 0.5) is 0 Å². The lowest BCUT2D eigenvalue weighted by Crippen LogP contribution is -2.50. The number of aliphatic hydroxyl groups is 1.